The number of benzene rings is 1. The lowest BCUT2D eigenvalue weighted by Crippen LogP contribution is -2.35. The molecule has 0 radical (unpaired) electrons. The van der Waals surface area contributed by atoms with Crippen LogP contribution in [0.15, 0.2) is 18.2 Å². The second-order valence-corrected chi connectivity index (χ2v) is 4.95. The van der Waals surface area contributed by atoms with Crippen LogP contribution in [0, 0.1) is 0 Å². The molecule has 3 nitrogen and oxygen atoms in total. The molecule has 0 bridgehead atoms. The molecule has 0 aliphatic heterocycles. The second kappa shape index (κ2) is 4.96. The predicted octanol–water partition coefficient (Wildman–Crippen LogP) is 3.06. The molecule has 92 valence electrons. The molecule has 1 amide bonds. The maximum Gasteiger partial charge on any atom is 0.257 e. The SMILES string of the molecule is CN(C(=O)c1ccc(Cl)cc1O)C1CCCC1. The highest BCUT2D eigenvalue weighted by Gasteiger charge is 2.25. The first-order valence-corrected chi connectivity index (χ1v) is 6.23. The van der Waals surface area contributed by atoms with Crippen LogP contribution in [0.2, 0.25) is 5.02 Å². The Bertz CT molecular complexity index is 427. The summed E-state index contributed by atoms with van der Waals surface area (Å²) in [5.41, 5.74) is 0.323. The lowest BCUT2D eigenvalue weighted by atomic mass is 10.1. The minimum absolute atomic E-state index is 0.0488. The zero-order chi connectivity index (χ0) is 12.4. The lowest BCUT2D eigenvalue weighted by molar-refractivity contribution is 0.0732. The minimum Gasteiger partial charge on any atom is -0.507 e. The molecule has 1 aromatic carbocycles. The zero-order valence-corrected chi connectivity index (χ0v) is 10.6. The van der Waals surface area contributed by atoms with Crippen LogP contribution in [0.5, 0.6) is 5.75 Å². The quantitative estimate of drug-likeness (QED) is 0.880. The Morgan fingerprint density at radius 2 is 2.06 bits per heavy atom. The minimum atomic E-state index is -0.133. The first kappa shape index (κ1) is 12.2. The number of hydrogen-bond donors (Lipinski definition) is 1. The van der Waals surface area contributed by atoms with Crippen LogP contribution < -0.4 is 0 Å². The molecule has 0 saturated heterocycles. The maximum atomic E-state index is 12.2. The van der Waals surface area contributed by atoms with Crippen LogP contribution in [0.3, 0.4) is 0 Å². The molecule has 0 heterocycles. The molecule has 1 saturated carbocycles. The van der Waals surface area contributed by atoms with Gasteiger partial charge in [0.25, 0.3) is 5.91 Å². The normalized spacial score (nSPS) is 16.1. The molecule has 1 fully saturated rings. The maximum absolute atomic E-state index is 12.2. The van der Waals surface area contributed by atoms with E-state index in [0.717, 1.165) is 12.8 Å². The molecule has 1 N–H and O–H groups in total. The summed E-state index contributed by atoms with van der Waals surface area (Å²) < 4.78 is 0. The lowest BCUT2D eigenvalue weighted by Gasteiger charge is -2.24. The fourth-order valence-electron chi connectivity index (χ4n) is 2.33. The third-order valence-corrected chi connectivity index (χ3v) is 3.62. The summed E-state index contributed by atoms with van der Waals surface area (Å²) in [6.45, 7) is 0. The first-order valence-electron chi connectivity index (χ1n) is 5.85. The molecule has 0 aromatic heterocycles. The van der Waals surface area contributed by atoms with Crippen molar-refractivity contribution >= 4 is 17.5 Å². The van der Waals surface area contributed by atoms with Crippen LogP contribution in [0.4, 0.5) is 0 Å². The van der Waals surface area contributed by atoms with Crippen molar-refractivity contribution in [2.45, 2.75) is 31.7 Å². The molecular formula is C13H16ClNO2. The highest BCUT2D eigenvalue weighted by Crippen LogP contribution is 2.27. The van der Waals surface area contributed by atoms with Gasteiger partial charge in [0.05, 0.1) is 5.56 Å². The highest BCUT2D eigenvalue weighted by atomic mass is 35.5. The number of carbonyl (C=O) groups is 1. The Kier molecular flexibility index (Phi) is 3.57. The van der Waals surface area contributed by atoms with Crippen LogP contribution in [0.25, 0.3) is 0 Å². The van der Waals surface area contributed by atoms with E-state index in [2.05, 4.69) is 0 Å². The van der Waals surface area contributed by atoms with Gasteiger partial charge in [-0.05, 0) is 31.0 Å². The van der Waals surface area contributed by atoms with Crippen molar-refractivity contribution < 1.29 is 9.90 Å². The molecule has 0 spiro atoms. The fraction of sp³-hybridized carbons (Fsp3) is 0.462. The molecule has 17 heavy (non-hydrogen) atoms. The van der Waals surface area contributed by atoms with E-state index >= 15 is 0 Å². The van der Waals surface area contributed by atoms with Gasteiger partial charge in [-0.25, -0.2) is 0 Å². The van der Waals surface area contributed by atoms with Gasteiger partial charge in [-0.1, -0.05) is 24.4 Å². The van der Waals surface area contributed by atoms with E-state index in [-0.39, 0.29) is 11.7 Å². The standard InChI is InChI=1S/C13H16ClNO2/c1-15(10-4-2-3-5-10)13(17)11-7-6-9(14)8-12(11)16/h6-8,10,16H,2-5H2,1H3. The molecule has 4 heteroatoms. The predicted molar refractivity (Wildman–Crippen MR) is 67.5 cm³/mol. The van der Waals surface area contributed by atoms with E-state index in [1.165, 1.54) is 18.9 Å². The summed E-state index contributed by atoms with van der Waals surface area (Å²) in [6.07, 6.45) is 4.46. The van der Waals surface area contributed by atoms with Gasteiger partial charge in [-0.2, -0.15) is 0 Å². The molecular weight excluding hydrogens is 238 g/mol. The van der Waals surface area contributed by atoms with Gasteiger partial charge < -0.3 is 10.0 Å². The van der Waals surface area contributed by atoms with E-state index in [9.17, 15) is 9.90 Å². The smallest absolute Gasteiger partial charge is 0.257 e. The molecule has 0 unspecified atom stereocenters. The second-order valence-electron chi connectivity index (χ2n) is 4.52. The number of aromatic hydroxyl groups is 1. The van der Waals surface area contributed by atoms with E-state index in [1.807, 2.05) is 0 Å². The average Bonchev–Trinajstić information content (AvgIpc) is 2.80. The Balaban J connectivity index is 2.18. The Morgan fingerprint density at radius 3 is 2.65 bits per heavy atom. The van der Waals surface area contributed by atoms with Gasteiger partial charge in [-0.3, -0.25) is 4.79 Å². The van der Waals surface area contributed by atoms with E-state index in [0.29, 0.717) is 16.6 Å². The summed E-state index contributed by atoms with van der Waals surface area (Å²) in [7, 11) is 1.80. The van der Waals surface area contributed by atoms with Gasteiger partial charge in [0.1, 0.15) is 5.75 Å². The van der Waals surface area contributed by atoms with Crippen molar-refractivity contribution in [3.8, 4) is 5.75 Å². The van der Waals surface area contributed by atoms with Gasteiger partial charge in [0.2, 0.25) is 0 Å². The number of phenolic OH excluding ortho intramolecular Hbond substituents is 1. The summed E-state index contributed by atoms with van der Waals surface area (Å²) in [6, 6.07) is 4.90. The molecule has 1 aromatic rings. The summed E-state index contributed by atoms with van der Waals surface area (Å²) >= 11 is 5.74. The third-order valence-electron chi connectivity index (χ3n) is 3.38. The zero-order valence-electron chi connectivity index (χ0n) is 9.82. The number of halogens is 1. The topological polar surface area (TPSA) is 40.5 Å². The number of amides is 1. The first-order chi connectivity index (χ1) is 8.09. The monoisotopic (exact) mass is 253 g/mol. The Hall–Kier alpha value is -1.22. The van der Waals surface area contributed by atoms with Crippen molar-refractivity contribution in [3.63, 3.8) is 0 Å². The number of phenols is 1. The van der Waals surface area contributed by atoms with Crippen molar-refractivity contribution in [2.24, 2.45) is 0 Å². The van der Waals surface area contributed by atoms with Gasteiger partial charge in [-0.15, -0.1) is 0 Å². The summed E-state index contributed by atoms with van der Waals surface area (Å²) in [4.78, 5) is 13.9. The largest absolute Gasteiger partial charge is 0.507 e. The van der Waals surface area contributed by atoms with E-state index in [4.69, 9.17) is 11.6 Å². The van der Waals surface area contributed by atoms with E-state index in [1.54, 1.807) is 24.1 Å². The molecule has 1 aliphatic rings. The van der Waals surface area contributed by atoms with E-state index < -0.39 is 0 Å². The number of carbonyl (C=O) groups excluding carboxylic acids is 1. The number of nitrogens with zero attached hydrogens (tertiary/aromatic N) is 1. The van der Waals surface area contributed by atoms with Crippen LogP contribution >= 0.6 is 11.6 Å². The van der Waals surface area contributed by atoms with Gasteiger partial charge in [0, 0.05) is 18.1 Å². The molecule has 1 aliphatic carbocycles. The Morgan fingerprint density at radius 1 is 1.41 bits per heavy atom. The summed E-state index contributed by atoms with van der Waals surface area (Å²) in [5.74, 6) is -0.182. The molecule has 2 rings (SSSR count). The van der Waals surface area contributed by atoms with Gasteiger partial charge >= 0.3 is 0 Å². The Labute approximate surface area is 106 Å². The average molecular weight is 254 g/mol. The van der Waals surface area contributed by atoms with Crippen molar-refractivity contribution in [3.05, 3.63) is 28.8 Å². The van der Waals surface area contributed by atoms with Crippen molar-refractivity contribution in [1.82, 2.24) is 4.90 Å². The van der Waals surface area contributed by atoms with Crippen LogP contribution in [-0.2, 0) is 0 Å². The van der Waals surface area contributed by atoms with Crippen molar-refractivity contribution in [1.29, 1.82) is 0 Å². The summed E-state index contributed by atoms with van der Waals surface area (Å²) in [5, 5.41) is 10.2. The highest BCUT2D eigenvalue weighted by molar-refractivity contribution is 6.30. The number of hydrogen-bond acceptors (Lipinski definition) is 2. The third kappa shape index (κ3) is 2.55. The van der Waals surface area contributed by atoms with Crippen LogP contribution in [-0.4, -0.2) is 29.0 Å². The number of rotatable bonds is 2. The fourth-order valence-corrected chi connectivity index (χ4v) is 2.50. The van der Waals surface area contributed by atoms with Gasteiger partial charge in [0.15, 0.2) is 0 Å². The van der Waals surface area contributed by atoms with Crippen molar-refractivity contribution in [2.75, 3.05) is 7.05 Å². The molecule has 0 atom stereocenters. The van der Waals surface area contributed by atoms with Crippen LogP contribution in [0.1, 0.15) is 36.0 Å².